The zero-order chi connectivity index (χ0) is 16.2. The Hall–Kier alpha value is -2.51. The van der Waals surface area contributed by atoms with Crippen molar-refractivity contribution in [2.45, 2.75) is 13.8 Å². The minimum Gasteiger partial charge on any atom is -0.493 e. The monoisotopic (exact) mass is 297 g/mol. The van der Waals surface area contributed by atoms with Crippen molar-refractivity contribution in [3.05, 3.63) is 22.2 Å². The number of hydrogen-bond acceptors (Lipinski definition) is 6. The fourth-order valence-corrected chi connectivity index (χ4v) is 1.56. The van der Waals surface area contributed by atoms with E-state index in [1.54, 1.807) is 13.8 Å². The van der Waals surface area contributed by atoms with Gasteiger partial charge in [0.2, 0.25) is 5.91 Å². The Morgan fingerprint density at radius 2 is 1.86 bits per heavy atom. The van der Waals surface area contributed by atoms with Gasteiger partial charge in [0, 0.05) is 12.6 Å². The van der Waals surface area contributed by atoms with Crippen LogP contribution in [0.2, 0.25) is 0 Å². The van der Waals surface area contributed by atoms with Gasteiger partial charge in [0.15, 0.2) is 11.5 Å². The Bertz CT molecular complexity index is 557. The van der Waals surface area contributed by atoms with E-state index in [0.29, 0.717) is 5.75 Å². The van der Waals surface area contributed by atoms with E-state index in [-0.39, 0.29) is 23.7 Å². The number of nitrogens with one attached hydrogen (secondary N) is 1. The number of amides is 1. The second-order valence-electron chi connectivity index (χ2n) is 5.08. The third-order valence-corrected chi connectivity index (χ3v) is 3.09. The van der Waals surface area contributed by atoms with Gasteiger partial charge in [0.25, 0.3) is 5.69 Å². The molecule has 0 bridgehead atoms. The summed E-state index contributed by atoms with van der Waals surface area (Å²) < 4.78 is 10.1. The van der Waals surface area contributed by atoms with E-state index in [0.717, 1.165) is 0 Å². The summed E-state index contributed by atoms with van der Waals surface area (Å²) in [7, 11) is 2.83. The molecular formula is C13H19N3O5. The first-order valence-electron chi connectivity index (χ1n) is 6.17. The van der Waals surface area contributed by atoms with Crippen LogP contribution < -0.4 is 20.5 Å². The molecule has 8 heteroatoms. The van der Waals surface area contributed by atoms with E-state index in [1.165, 1.54) is 26.4 Å². The Balaban J connectivity index is 3.16. The number of hydrogen-bond donors (Lipinski definition) is 2. The first-order chi connectivity index (χ1) is 9.72. The standard InChI is InChI=1S/C13H19N3O5/c1-13(2,12(14)17)7-15-8-5-10(20-3)11(21-4)6-9(8)16(18)19/h5-6,15H,7H2,1-4H3,(H2,14,17). The van der Waals surface area contributed by atoms with E-state index in [1.807, 2.05) is 0 Å². The summed E-state index contributed by atoms with van der Waals surface area (Å²) >= 11 is 0. The lowest BCUT2D eigenvalue weighted by atomic mass is 9.92. The van der Waals surface area contributed by atoms with Gasteiger partial charge >= 0.3 is 0 Å². The van der Waals surface area contributed by atoms with Gasteiger partial charge in [-0.05, 0) is 13.8 Å². The molecule has 0 aliphatic heterocycles. The quantitative estimate of drug-likeness (QED) is 0.582. The van der Waals surface area contributed by atoms with Crippen molar-refractivity contribution in [1.29, 1.82) is 0 Å². The number of methoxy groups -OCH3 is 2. The number of carbonyl (C=O) groups is 1. The Morgan fingerprint density at radius 1 is 1.33 bits per heavy atom. The number of nitro groups is 1. The summed E-state index contributed by atoms with van der Waals surface area (Å²) in [5, 5.41) is 14.0. The van der Waals surface area contributed by atoms with Crippen LogP contribution in [0.15, 0.2) is 12.1 Å². The molecule has 1 aromatic carbocycles. The minimum absolute atomic E-state index is 0.151. The summed E-state index contributed by atoms with van der Waals surface area (Å²) in [4.78, 5) is 21.9. The van der Waals surface area contributed by atoms with E-state index in [2.05, 4.69) is 5.32 Å². The van der Waals surface area contributed by atoms with Crippen LogP contribution in [0.4, 0.5) is 11.4 Å². The molecule has 0 radical (unpaired) electrons. The van der Waals surface area contributed by atoms with E-state index in [9.17, 15) is 14.9 Å². The van der Waals surface area contributed by atoms with Crippen LogP contribution in [-0.4, -0.2) is 31.6 Å². The Morgan fingerprint density at radius 3 is 2.29 bits per heavy atom. The van der Waals surface area contributed by atoms with Crippen LogP contribution >= 0.6 is 0 Å². The van der Waals surface area contributed by atoms with Crippen LogP contribution in [-0.2, 0) is 4.79 Å². The molecule has 8 nitrogen and oxygen atoms in total. The zero-order valence-electron chi connectivity index (χ0n) is 12.4. The summed E-state index contributed by atoms with van der Waals surface area (Å²) in [6, 6.07) is 2.71. The van der Waals surface area contributed by atoms with Crippen molar-refractivity contribution in [1.82, 2.24) is 0 Å². The predicted octanol–water partition coefficient (Wildman–Crippen LogP) is 1.54. The molecule has 0 fully saturated rings. The van der Waals surface area contributed by atoms with Gasteiger partial charge in [0.05, 0.1) is 30.6 Å². The van der Waals surface area contributed by atoms with Crippen molar-refractivity contribution in [3.8, 4) is 11.5 Å². The average Bonchev–Trinajstić information content (AvgIpc) is 2.43. The Kier molecular flexibility index (Phi) is 4.96. The normalized spacial score (nSPS) is 10.9. The maximum Gasteiger partial charge on any atom is 0.296 e. The second kappa shape index (κ2) is 6.29. The lowest BCUT2D eigenvalue weighted by molar-refractivity contribution is -0.384. The molecule has 0 aromatic heterocycles. The molecular weight excluding hydrogens is 278 g/mol. The molecule has 0 atom stereocenters. The van der Waals surface area contributed by atoms with Crippen LogP contribution in [0.25, 0.3) is 0 Å². The molecule has 0 aliphatic rings. The van der Waals surface area contributed by atoms with Crippen LogP contribution in [0.5, 0.6) is 11.5 Å². The first kappa shape index (κ1) is 16.5. The highest BCUT2D eigenvalue weighted by atomic mass is 16.6. The number of ether oxygens (including phenoxy) is 2. The van der Waals surface area contributed by atoms with E-state index >= 15 is 0 Å². The predicted molar refractivity (Wildman–Crippen MR) is 77.7 cm³/mol. The van der Waals surface area contributed by atoms with Crippen LogP contribution in [0.3, 0.4) is 0 Å². The Labute approximate surface area is 122 Å². The van der Waals surface area contributed by atoms with Crippen molar-refractivity contribution < 1.29 is 19.2 Å². The highest BCUT2D eigenvalue weighted by Gasteiger charge is 2.27. The number of primary amides is 1. The highest BCUT2D eigenvalue weighted by Crippen LogP contribution is 2.37. The van der Waals surface area contributed by atoms with Gasteiger partial charge < -0.3 is 20.5 Å². The van der Waals surface area contributed by atoms with Gasteiger partial charge in [-0.15, -0.1) is 0 Å². The molecule has 1 rings (SSSR count). The largest absolute Gasteiger partial charge is 0.493 e. The van der Waals surface area contributed by atoms with Crippen molar-refractivity contribution in [3.63, 3.8) is 0 Å². The maximum atomic E-state index is 11.3. The van der Waals surface area contributed by atoms with Gasteiger partial charge in [-0.25, -0.2) is 0 Å². The molecule has 3 N–H and O–H groups in total. The third-order valence-electron chi connectivity index (χ3n) is 3.09. The highest BCUT2D eigenvalue weighted by molar-refractivity contribution is 5.81. The number of carbonyl (C=O) groups excluding carboxylic acids is 1. The molecule has 21 heavy (non-hydrogen) atoms. The third kappa shape index (κ3) is 3.74. The minimum atomic E-state index is -0.846. The van der Waals surface area contributed by atoms with Crippen molar-refractivity contribution in [2.75, 3.05) is 26.1 Å². The second-order valence-corrected chi connectivity index (χ2v) is 5.08. The number of nitrogens with two attached hydrogens (primary N) is 1. The maximum absolute atomic E-state index is 11.3. The lowest BCUT2D eigenvalue weighted by Crippen LogP contribution is -2.37. The number of nitrogens with zero attached hydrogens (tertiary/aromatic N) is 1. The number of anilines is 1. The number of nitro benzene ring substituents is 1. The fraction of sp³-hybridized carbons (Fsp3) is 0.462. The van der Waals surface area contributed by atoms with Gasteiger partial charge in [-0.2, -0.15) is 0 Å². The molecule has 0 spiro atoms. The average molecular weight is 297 g/mol. The van der Waals surface area contributed by atoms with E-state index in [4.69, 9.17) is 15.2 Å². The molecule has 0 saturated heterocycles. The topological polar surface area (TPSA) is 117 Å². The zero-order valence-corrected chi connectivity index (χ0v) is 12.4. The summed E-state index contributed by atoms with van der Waals surface area (Å²) in [6.45, 7) is 3.45. The van der Waals surface area contributed by atoms with E-state index < -0.39 is 16.2 Å². The number of rotatable bonds is 7. The van der Waals surface area contributed by atoms with Crippen molar-refractivity contribution >= 4 is 17.3 Å². The summed E-state index contributed by atoms with van der Waals surface area (Å²) in [5.41, 5.74) is 4.49. The fourth-order valence-electron chi connectivity index (χ4n) is 1.56. The van der Waals surface area contributed by atoms with Crippen LogP contribution in [0, 0.1) is 15.5 Å². The summed E-state index contributed by atoms with van der Waals surface area (Å²) in [5.74, 6) is 0.101. The SMILES string of the molecule is COc1cc(NCC(C)(C)C(N)=O)c([N+](=O)[O-])cc1OC. The van der Waals surface area contributed by atoms with Crippen molar-refractivity contribution in [2.24, 2.45) is 11.1 Å². The van der Waals surface area contributed by atoms with Gasteiger partial charge in [-0.3, -0.25) is 14.9 Å². The lowest BCUT2D eigenvalue weighted by Gasteiger charge is -2.21. The van der Waals surface area contributed by atoms with Gasteiger partial charge in [-0.1, -0.05) is 0 Å². The van der Waals surface area contributed by atoms with Crippen LogP contribution in [0.1, 0.15) is 13.8 Å². The molecule has 116 valence electrons. The number of benzene rings is 1. The molecule has 0 unspecified atom stereocenters. The molecule has 0 aliphatic carbocycles. The molecule has 1 amide bonds. The smallest absolute Gasteiger partial charge is 0.296 e. The van der Waals surface area contributed by atoms with Gasteiger partial charge in [0.1, 0.15) is 5.69 Å². The summed E-state index contributed by atoms with van der Waals surface area (Å²) in [6.07, 6.45) is 0. The molecule has 0 heterocycles. The first-order valence-corrected chi connectivity index (χ1v) is 6.17. The molecule has 0 saturated carbocycles. The molecule has 1 aromatic rings.